The highest BCUT2D eigenvalue weighted by Crippen LogP contribution is 2.59. The number of fused-ring (bicyclic) bond motifs is 42. The lowest BCUT2D eigenvalue weighted by molar-refractivity contribution is 0.669. The number of furan rings is 2. The summed E-state index contributed by atoms with van der Waals surface area (Å²) in [5.41, 5.74) is 48.0. The van der Waals surface area contributed by atoms with Gasteiger partial charge >= 0.3 is 0 Å². The molecule has 0 aliphatic heterocycles. The van der Waals surface area contributed by atoms with Gasteiger partial charge in [-0.05, 0) is 328 Å². The van der Waals surface area contributed by atoms with Crippen LogP contribution in [0.4, 0.5) is 0 Å². The normalized spacial score (nSPS) is 12.0. The lowest BCUT2D eigenvalue weighted by Gasteiger charge is -2.26. The molecule has 0 spiro atoms. The highest BCUT2D eigenvalue weighted by atomic mass is 32.1. The van der Waals surface area contributed by atoms with E-state index >= 15 is 0 Å². The first kappa shape index (κ1) is 86.1. The molecule has 0 saturated carbocycles. The first-order chi connectivity index (χ1) is 74.4. The quantitative estimate of drug-likeness (QED) is 0.166. The molecule has 6 aromatic heterocycles. The molecule has 0 bridgehead atoms. The molecule has 0 unspecified atom stereocenters. The Morgan fingerprint density at radius 1 is 0.107 bits per heavy atom. The lowest BCUT2D eigenvalue weighted by atomic mass is 9.77. The molecular formula is C144H84O2S4. The summed E-state index contributed by atoms with van der Waals surface area (Å²) in [6, 6.07) is 188. The van der Waals surface area contributed by atoms with Crippen LogP contribution in [-0.2, 0) is 0 Å². The molecule has 0 atom stereocenters. The van der Waals surface area contributed by atoms with E-state index in [0.29, 0.717) is 0 Å². The lowest BCUT2D eigenvalue weighted by Crippen LogP contribution is -1.99. The van der Waals surface area contributed by atoms with Crippen LogP contribution in [0.15, 0.2) is 518 Å². The van der Waals surface area contributed by atoms with Crippen molar-refractivity contribution in [2.45, 2.75) is 0 Å². The predicted octanol–water partition coefficient (Wildman–Crippen LogP) is 43.3. The predicted molar refractivity (Wildman–Crippen MR) is 644 cm³/mol. The zero-order valence-electron chi connectivity index (χ0n) is 80.9. The maximum absolute atomic E-state index is 6.74. The monoisotopic (exact) mass is 1970 g/mol. The molecule has 696 valence electrons. The molecule has 0 N–H and O–H groups in total. The molecule has 0 fully saturated rings. The van der Waals surface area contributed by atoms with E-state index in [-0.39, 0.29) is 0 Å². The smallest absolute Gasteiger partial charge is 0.143 e. The van der Waals surface area contributed by atoms with Crippen molar-refractivity contribution in [2.75, 3.05) is 0 Å². The summed E-state index contributed by atoms with van der Waals surface area (Å²) in [7, 11) is 0. The van der Waals surface area contributed by atoms with Gasteiger partial charge < -0.3 is 8.83 Å². The fourth-order valence-electron chi connectivity index (χ4n) is 24.6. The molecule has 6 heterocycles. The molecule has 3 aliphatic carbocycles. The summed E-state index contributed by atoms with van der Waals surface area (Å²) in [6.45, 7) is 0. The molecule has 0 radical (unpaired) electrons. The van der Waals surface area contributed by atoms with Crippen molar-refractivity contribution in [3.8, 4) is 200 Å². The van der Waals surface area contributed by atoms with Crippen LogP contribution in [0.3, 0.4) is 0 Å². The van der Waals surface area contributed by atoms with Crippen molar-refractivity contribution >= 4 is 170 Å². The van der Waals surface area contributed by atoms with Crippen molar-refractivity contribution in [1.82, 2.24) is 0 Å². The molecule has 24 aromatic carbocycles. The van der Waals surface area contributed by atoms with E-state index in [1.54, 1.807) is 0 Å². The van der Waals surface area contributed by atoms with Crippen LogP contribution in [0.5, 0.6) is 0 Å². The Balaban J connectivity index is 0.000000101. The van der Waals surface area contributed by atoms with Gasteiger partial charge in [0.25, 0.3) is 0 Å². The van der Waals surface area contributed by atoms with E-state index in [4.69, 9.17) is 8.83 Å². The van der Waals surface area contributed by atoms with Gasteiger partial charge in [0.2, 0.25) is 0 Å². The average Bonchev–Trinajstić information content (AvgIpc) is 0.895. The van der Waals surface area contributed by atoms with E-state index in [9.17, 15) is 0 Å². The van der Waals surface area contributed by atoms with Crippen LogP contribution in [-0.4, -0.2) is 0 Å². The Bertz CT molecular complexity index is 10500. The summed E-state index contributed by atoms with van der Waals surface area (Å²) < 4.78 is 23.6. The number of hydrogen-bond acceptors (Lipinski definition) is 6. The molecule has 6 heteroatoms. The van der Waals surface area contributed by atoms with Crippen LogP contribution < -0.4 is 0 Å². The largest absolute Gasteiger partial charge is 0.456 e. The minimum atomic E-state index is 0.906. The van der Waals surface area contributed by atoms with Gasteiger partial charge in [0.05, 0.1) is 0 Å². The van der Waals surface area contributed by atoms with Crippen LogP contribution >= 0.6 is 45.3 Å². The average molecular weight is 1970 g/mol. The third-order valence-electron chi connectivity index (χ3n) is 31.4. The van der Waals surface area contributed by atoms with E-state index in [2.05, 4.69) is 504 Å². The first-order valence-corrected chi connectivity index (χ1v) is 54.5. The summed E-state index contributed by atoms with van der Waals surface area (Å²) in [6.07, 6.45) is 0. The number of benzene rings is 24. The minimum Gasteiger partial charge on any atom is -0.456 e. The van der Waals surface area contributed by atoms with Gasteiger partial charge in [0, 0.05) is 108 Å². The SMILES string of the molecule is c1ccc2c(c1)-c1ccccc1-c1cc(-c3ccc4sc5ccccc5c4c3)cc(-c3ccc4oc5ccccc5c4c3)c1-c1ccccc1-2.c1ccc2c(c1)-c1ccccc1-c1cc(-c3ccc4sc5ccccc5c4c3)cc(-c3ccc4sc5ccccc5c4c3)c1-c1ccccc1-2.c1ccc2c(c1)-c1ccccc1-c1cc(-c3ccc4sc5ccccc5c4c3)cc(-c3cccc4c3oc3ccccc34)c1-c1ccccc1-2. The fourth-order valence-corrected chi connectivity index (χ4v) is 28.9. The van der Waals surface area contributed by atoms with Gasteiger partial charge in [-0.1, -0.05) is 376 Å². The first-order valence-electron chi connectivity index (χ1n) is 51.3. The van der Waals surface area contributed by atoms with E-state index in [0.717, 1.165) is 49.4 Å². The molecule has 150 heavy (non-hydrogen) atoms. The van der Waals surface area contributed by atoms with Crippen LogP contribution in [0, 0.1) is 0 Å². The molecule has 3 aliphatic rings. The highest BCUT2D eigenvalue weighted by Gasteiger charge is 2.33. The van der Waals surface area contributed by atoms with Gasteiger partial charge in [-0.15, -0.1) is 45.3 Å². The second kappa shape index (κ2) is 34.7. The second-order valence-electron chi connectivity index (χ2n) is 39.6. The molecule has 33 rings (SSSR count). The Kier molecular flexibility index (Phi) is 19.9. The highest BCUT2D eigenvalue weighted by molar-refractivity contribution is 7.27. The van der Waals surface area contributed by atoms with Crippen molar-refractivity contribution in [3.63, 3.8) is 0 Å². The van der Waals surface area contributed by atoms with E-state index in [1.165, 1.54) is 275 Å². The van der Waals surface area contributed by atoms with Gasteiger partial charge in [-0.2, -0.15) is 0 Å². The second-order valence-corrected chi connectivity index (χ2v) is 43.9. The fraction of sp³-hybridized carbons (Fsp3) is 0. The van der Waals surface area contributed by atoms with Crippen LogP contribution in [0.1, 0.15) is 0 Å². The molecular weight excluding hydrogens is 1890 g/mol. The van der Waals surface area contributed by atoms with Crippen LogP contribution in [0.2, 0.25) is 0 Å². The third-order valence-corrected chi connectivity index (χ3v) is 36.0. The van der Waals surface area contributed by atoms with Crippen molar-refractivity contribution in [1.29, 1.82) is 0 Å². The Morgan fingerprint density at radius 3 is 0.653 bits per heavy atom. The molecule has 0 amide bonds. The number of hydrogen-bond donors (Lipinski definition) is 0. The van der Waals surface area contributed by atoms with E-state index in [1.807, 2.05) is 51.4 Å². The Morgan fingerprint density at radius 2 is 0.313 bits per heavy atom. The maximum Gasteiger partial charge on any atom is 0.143 e. The standard InChI is InChI=1S/2C48H28OS.C48H28S2/c1-2-13-32-31(12-1)33-14-3-4-16-35(33)42-27-30(29-24-25-46-41(26-29)37-18-8-10-23-45(37)50-46)28-43(47(42)38-19-6-5-15-34(32)38)40-21-11-20-39-36-17-7-9-22-44(36)49-48(39)40;1-2-12-33-32(11-1)34-13-3-4-15-36(34)43-28-31(29-22-24-47-42(25-29)38-17-8-10-20-46(38)50-47)27-40(48(43)39-18-6-5-14-35(33)39)30-21-23-45-41(26-30)37-16-7-9-19-44(37)49-45;1-2-12-33-32(11-1)34-13-3-4-15-36(34)43-28-31(29-21-23-46-41(25-29)37-16-7-9-19-44(37)49-46)27-40(48(43)39-18-6-5-14-35(33)39)30-22-24-47-42(26-30)38-17-8-10-20-45(38)50-47/h3*1-28H. The summed E-state index contributed by atoms with van der Waals surface area (Å²) >= 11 is 7.47. The van der Waals surface area contributed by atoms with Gasteiger partial charge in [0.1, 0.15) is 22.3 Å². The Hall–Kier alpha value is -18.2. The van der Waals surface area contributed by atoms with Crippen molar-refractivity contribution < 1.29 is 8.83 Å². The Labute approximate surface area is 881 Å². The summed E-state index contributed by atoms with van der Waals surface area (Å²) in [5.74, 6) is 0. The third kappa shape index (κ3) is 13.9. The molecule has 2 nitrogen and oxygen atoms in total. The zero-order chi connectivity index (χ0) is 98.3. The number of para-hydroxylation sites is 3. The van der Waals surface area contributed by atoms with Crippen LogP contribution in [0.25, 0.3) is 325 Å². The maximum atomic E-state index is 6.74. The van der Waals surface area contributed by atoms with Gasteiger partial charge in [0.15, 0.2) is 0 Å². The summed E-state index contributed by atoms with van der Waals surface area (Å²) in [4.78, 5) is 0. The topological polar surface area (TPSA) is 26.3 Å². The van der Waals surface area contributed by atoms with Gasteiger partial charge in [-0.25, -0.2) is 0 Å². The van der Waals surface area contributed by atoms with Gasteiger partial charge in [-0.3, -0.25) is 0 Å². The number of thiophene rings is 4. The zero-order valence-corrected chi connectivity index (χ0v) is 84.2. The minimum absolute atomic E-state index is 0.906. The van der Waals surface area contributed by atoms with Crippen molar-refractivity contribution in [2.24, 2.45) is 0 Å². The van der Waals surface area contributed by atoms with E-state index < -0.39 is 0 Å². The molecule has 30 aromatic rings. The van der Waals surface area contributed by atoms with Crippen molar-refractivity contribution in [3.05, 3.63) is 510 Å². The number of rotatable bonds is 6. The summed E-state index contributed by atoms with van der Waals surface area (Å²) in [5, 5.41) is 15.1. The molecule has 0 saturated heterocycles.